The summed E-state index contributed by atoms with van der Waals surface area (Å²) < 4.78 is 17.7. The highest BCUT2D eigenvalue weighted by molar-refractivity contribution is 5.40. The van der Waals surface area contributed by atoms with Gasteiger partial charge >= 0.3 is 11.8 Å². The van der Waals surface area contributed by atoms with Gasteiger partial charge in [-0.2, -0.15) is 4.68 Å². The minimum Gasteiger partial charge on any atom is -0.457 e. The van der Waals surface area contributed by atoms with Crippen LogP contribution in [0.4, 0.5) is 0 Å². The van der Waals surface area contributed by atoms with E-state index in [1.807, 2.05) is 36.4 Å². The number of unbranched alkanes of at least 4 members (excludes halogenated alkanes) is 7. The van der Waals surface area contributed by atoms with Gasteiger partial charge in [-0.25, -0.2) is 4.79 Å². The molecule has 0 atom stereocenters. The first-order chi connectivity index (χ1) is 14.8. The summed E-state index contributed by atoms with van der Waals surface area (Å²) in [6, 6.07) is 16.6. The second kappa shape index (κ2) is 11.9. The summed E-state index contributed by atoms with van der Waals surface area (Å²) in [5, 5.41) is 4.16. The quantitative estimate of drug-likeness (QED) is 0.317. The fourth-order valence-corrected chi connectivity index (χ4v) is 3.18. The molecule has 1 heterocycles. The van der Waals surface area contributed by atoms with Crippen molar-refractivity contribution in [2.24, 2.45) is 0 Å². The van der Waals surface area contributed by atoms with Crippen molar-refractivity contribution in [2.45, 2.75) is 58.3 Å². The molecule has 0 saturated heterocycles. The Bertz CT molecular complexity index is 934. The van der Waals surface area contributed by atoms with Crippen LogP contribution in [0.15, 0.2) is 63.8 Å². The molecule has 6 heteroatoms. The predicted octanol–water partition coefficient (Wildman–Crippen LogP) is 6.14. The van der Waals surface area contributed by atoms with Gasteiger partial charge in [0.15, 0.2) is 0 Å². The van der Waals surface area contributed by atoms with E-state index in [0.29, 0.717) is 18.0 Å². The van der Waals surface area contributed by atoms with Crippen LogP contribution in [0.2, 0.25) is 0 Å². The van der Waals surface area contributed by atoms with E-state index in [1.165, 1.54) is 43.2 Å². The van der Waals surface area contributed by atoms with E-state index in [-0.39, 0.29) is 6.08 Å². The van der Waals surface area contributed by atoms with E-state index in [0.717, 1.165) is 18.6 Å². The van der Waals surface area contributed by atoms with Gasteiger partial charge in [0.2, 0.25) is 0 Å². The summed E-state index contributed by atoms with van der Waals surface area (Å²) in [5.41, 5.74) is 0.555. The minimum atomic E-state index is -0.585. The molecular weight excluding hydrogens is 380 g/mol. The van der Waals surface area contributed by atoms with Crippen molar-refractivity contribution in [3.63, 3.8) is 0 Å². The molecule has 2 aromatic carbocycles. The fourth-order valence-electron chi connectivity index (χ4n) is 3.18. The number of benzene rings is 2. The highest BCUT2D eigenvalue weighted by Crippen LogP contribution is 2.23. The Morgan fingerprint density at radius 1 is 0.867 bits per heavy atom. The van der Waals surface area contributed by atoms with E-state index < -0.39 is 5.76 Å². The van der Waals surface area contributed by atoms with Crippen molar-refractivity contribution in [2.75, 3.05) is 6.61 Å². The lowest BCUT2D eigenvalue weighted by Crippen LogP contribution is -2.13. The SMILES string of the molecule is CCCCCCCCCCOc1nn(-c2cccc(Oc3ccccc3)c2)c(=O)o1. The summed E-state index contributed by atoms with van der Waals surface area (Å²) in [7, 11) is 0. The maximum atomic E-state index is 12.2. The number of rotatable bonds is 13. The number of aromatic nitrogens is 2. The third-order valence-corrected chi connectivity index (χ3v) is 4.79. The molecule has 3 rings (SSSR count). The Morgan fingerprint density at radius 3 is 2.33 bits per heavy atom. The zero-order valence-electron chi connectivity index (χ0n) is 17.6. The van der Waals surface area contributed by atoms with E-state index in [9.17, 15) is 4.79 Å². The lowest BCUT2D eigenvalue weighted by Gasteiger charge is -2.06. The molecular formula is C24H30N2O4. The van der Waals surface area contributed by atoms with E-state index in [2.05, 4.69) is 12.0 Å². The van der Waals surface area contributed by atoms with E-state index >= 15 is 0 Å². The first kappa shape index (κ1) is 21.7. The van der Waals surface area contributed by atoms with Crippen LogP contribution in [-0.4, -0.2) is 16.4 Å². The molecule has 160 valence electrons. The van der Waals surface area contributed by atoms with Gasteiger partial charge in [0.1, 0.15) is 11.5 Å². The van der Waals surface area contributed by atoms with Crippen molar-refractivity contribution in [3.05, 3.63) is 65.1 Å². The lowest BCUT2D eigenvalue weighted by molar-refractivity contribution is 0.219. The molecule has 1 aromatic heterocycles. The van der Waals surface area contributed by atoms with Crippen molar-refractivity contribution < 1.29 is 13.9 Å². The molecule has 6 nitrogen and oxygen atoms in total. The topological polar surface area (TPSA) is 66.5 Å². The summed E-state index contributed by atoms with van der Waals surface area (Å²) in [4.78, 5) is 12.2. The molecule has 0 fully saturated rings. The fraction of sp³-hybridized carbons (Fsp3) is 0.417. The normalized spacial score (nSPS) is 10.8. The number of nitrogens with zero attached hydrogens (tertiary/aromatic N) is 2. The number of ether oxygens (including phenoxy) is 2. The van der Waals surface area contributed by atoms with Gasteiger partial charge in [-0.3, -0.25) is 0 Å². The van der Waals surface area contributed by atoms with Crippen molar-refractivity contribution in [1.29, 1.82) is 0 Å². The van der Waals surface area contributed by atoms with Crippen LogP contribution >= 0.6 is 0 Å². The number of para-hydroxylation sites is 1. The average molecular weight is 411 g/mol. The molecule has 0 aliphatic heterocycles. The molecule has 0 bridgehead atoms. The Kier molecular flexibility index (Phi) is 8.57. The van der Waals surface area contributed by atoms with Crippen LogP contribution in [0.3, 0.4) is 0 Å². The second-order valence-electron chi connectivity index (χ2n) is 7.28. The van der Waals surface area contributed by atoms with Gasteiger partial charge in [0.25, 0.3) is 0 Å². The standard InChI is InChI=1S/C24H30N2O4/c1-2-3-4-5-6-7-8-12-18-28-23-25-26(24(27)30-23)20-14-13-17-22(19-20)29-21-15-10-9-11-16-21/h9-11,13-17,19H,2-8,12,18H2,1H3. The Hall–Kier alpha value is -3.02. The minimum absolute atomic E-state index is 0.00248. The molecule has 0 amide bonds. The van der Waals surface area contributed by atoms with Crippen LogP contribution in [-0.2, 0) is 0 Å². The molecule has 0 aliphatic rings. The van der Waals surface area contributed by atoms with Gasteiger partial charge in [0, 0.05) is 6.07 Å². The zero-order chi connectivity index (χ0) is 21.0. The number of hydrogen-bond donors (Lipinski definition) is 0. The van der Waals surface area contributed by atoms with Crippen molar-refractivity contribution in [3.8, 4) is 23.3 Å². The van der Waals surface area contributed by atoms with Gasteiger partial charge in [0.05, 0.1) is 12.3 Å². The van der Waals surface area contributed by atoms with Crippen LogP contribution in [0.25, 0.3) is 5.69 Å². The molecule has 30 heavy (non-hydrogen) atoms. The number of hydrogen-bond acceptors (Lipinski definition) is 5. The molecule has 0 spiro atoms. The smallest absolute Gasteiger partial charge is 0.444 e. The highest BCUT2D eigenvalue weighted by Gasteiger charge is 2.12. The van der Waals surface area contributed by atoms with E-state index in [1.54, 1.807) is 18.2 Å². The van der Waals surface area contributed by atoms with Crippen LogP contribution in [0, 0.1) is 0 Å². The lowest BCUT2D eigenvalue weighted by atomic mass is 10.1. The monoisotopic (exact) mass is 410 g/mol. The summed E-state index contributed by atoms with van der Waals surface area (Å²) in [6.07, 6.45) is 9.74. The maximum Gasteiger partial charge on any atom is 0.444 e. The molecule has 0 saturated carbocycles. The predicted molar refractivity (Wildman–Crippen MR) is 117 cm³/mol. The third-order valence-electron chi connectivity index (χ3n) is 4.79. The molecule has 0 unspecified atom stereocenters. The largest absolute Gasteiger partial charge is 0.457 e. The first-order valence-corrected chi connectivity index (χ1v) is 10.8. The third kappa shape index (κ3) is 6.79. The molecule has 0 N–H and O–H groups in total. The van der Waals surface area contributed by atoms with E-state index in [4.69, 9.17) is 13.9 Å². The summed E-state index contributed by atoms with van der Waals surface area (Å²) >= 11 is 0. The van der Waals surface area contributed by atoms with Gasteiger partial charge in [-0.05, 0) is 30.7 Å². The van der Waals surface area contributed by atoms with Crippen molar-refractivity contribution in [1.82, 2.24) is 9.78 Å². The Labute approximate surface area is 177 Å². The van der Waals surface area contributed by atoms with Gasteiger partial charge in [-0.15, -0.1) is 0 Å². The van der Waals surface area contributed by atoms with Crippen LogP contribution in [0.1, 0.15) is 58.3 Å². The molecule has 3 aromatic rings. The molecule has 0 radical (unpaired) electrons. The Balaban J connectivity index is 1.49. The first-order valence-electron chi connectivity index (χ1n) is 10.8. The summed E-state index contributed by atoms with van der Waals surface area (Å²) in [5.74, 6) is 0.740. The van der Waals surface area contributed by atoms with Crippen LogP contribution < -0.4 is 15.2 Å². The van der Waals surface area contributed by atoms with Gasteiger partial charge in [-0.1, -0.05) is 81.2 Å². The Morgan fingerprint density at radius 2 is 1.57 bits per heavy atom. The maximum absolute atomic E-state index is 12.2. The van der Waals surface area contributed by atoms with Crippen molar-refractivity contribution >= 4 is 0 Å². The van der Waals surface area contributed by atoms with Crippen LogP contribution in [0.5, 0.6) is 17.6 Å². The summed E-state index contributed by atoms with van der Waals surface area (Å²) in [6.45, 7) is 2.72. The van der Waals surface area contributed by atoms with Gasteiger partial charge < -0.3 is 13.9 Å². The zero-order valence-corrected chi connectivity index (χ0v) is 17.6. The highest BCUT2D eigenvalue weighted by atomic mass is 16.6. The average Bonchev–Trinajstić information content (AvgIpc) is 3.14. The molecule has 0 aliphatic carbocycles. The second-order valence-corrected chi connectivity index (χ2v) is 7.28.